The van der Waals surface area contributed by atoms with Crippen LogP contribution in [-0.4, -0.2) is 13.2 Å². The quantitative estimate of drug-likeness (QED) is 0.466. The van der Waals surface area contributed by atoms with Crippen LogP contribution < -0.4 is 0 Å². The summed E-state index contributed by atoms with van der Waals surface area (Å²) < 4.78 is 5.26. The van der Waals surface area contributed by atoms with Crippen LogP contribution in [0.3, 0.4) is 0 Å². The molecule has 0 aliphatic carbocycles. The van der Waals surface area contributed by atoms with Gasteiger partial charge in [0.05, 0.1) is 0 Å². The lowest BCUT2D eigenvalue weighted by molar-refractivity contribution is 0.142. The fourth-order valence-corrected chi connectivity index (χ4v) is 1.06. The van der Waals surface area contributed by atoms with E-state index < -0.39 is 0 Å². The Balaban J connectivity index is 2.17. The predicted octanol–water partition coefficient (Wildman–Crippen LogP) is 1.82. The van der Waals surface area contributed by atoms with Crippen LogP contribution in [0.15, 0.2) is 0 Å². The minimum Gasteiger partial charge on any atom is -0.381 e. The summed E-state index contributed by atoms with van der Waals surface area (Å²) in [6.45, 7) is 4.28. The molecule has 1 nitrogen and oxygen atoms in total. The van der Waals surface area contributed by atoms with Crippen molar-refractivity contribution in [3.63, 3.8) is 0 Å². The average Bonchev–Trinajstić information content (AvgIpc) is 1.94. The number of rotatable bonds is 0. The fraction of sp³-hybridized carbons (Fsp3) is 1.00. The van der Waals surface area contributed by atoms with E-state index in [-0.39, 0.29) is 0 Å². The highest BCUT2D eigenvalue weighted by Crippen LogP contribution is 2.13. The van der Waals surface area contributed by atoms with Gasteiger partial charge in [0.25, 0.3) is 0 Å². The number of ether oxygens (including phenoxy) is 1. The van der Waals surface area contributed by atoms with E-state index in [2.05, 4.69) is 6.92 Å². The van der Waals surface area contributed by atoms with Gasteiger partial charge in [-0.25, -0.2) is 0 Å². The van der Waals surface area contributed by atoms with E-state index in [0.717, 1.165) is 19.1 Å². The van der Waals surface area contributed by atoms with Crippen molar-refractivity contribution in [1.29, 1.82) is 0 Å². The molecular weight excluding hydrogens is 100 g/mol. The van der Waals surface area contributed by atoms with E-state index in [4.69, 9.17) is 4.74 Å². The number of hydrogen-bond acceptors (Lipinski definition) is 1. The van der Waals surface area contributed by atoms with Gasteiger partial charge in [0.15, 0.2) is 0 Å². The summed E-state index contributed by atoms with van der Waals surface area (Å²) in [6, 6.07) is 0. The van der Waals surface area contributed by atoms with Crippen molar-refractivity contribution in [2.45, 2.75) is 26.2 Å². The Morgan fingerprint density at radius 2 is 2.12 bits per heavy atom. The summed E-state index contributed by atoms with van der Waals surface area (Å²) in [5.74, 6) is 0.900. The van der Waals surface area contributed by atoms with Crippen molar-refractivity contribution in [2.75, 3.05) is 13.2 Å². The van der Waals surface area contributed by atoms with Gasteiger partial charge in [-0.05, 0) is 25.2 Å². The van der Waals surface area contributed by atoms with E-state index in [1.807, 2.05) is 0 Å². The van der Waals surface area contributed by atoms with Gasteiger partial charge in [-0.1, -0.05) is 6.92 Å². The van der Waals surface area contributed by atoms with Gasteiger partial charge >= 0.3 is 0 Å². The molecule has 1 unspecified atom stereocenters. The lowest BCUT2D eigenvalue weighted by Crippen LogP contribution is -1.93. The SMILES string of the molecule is CC1CCCOCC1. The monoisotopic (exact) mass is 114 g/mol. The third-order valence-electron chi connectivity index (χ3n) is 1.74. The van der Waals surface area contributed by atoms with Crippen molar-refractivity contribution in [1.82, 2.24) is 0 Å². The molecular formula is C7H14O. The maximum absolute atomic E-state index is 5.26. The van der Waals surface area contributed by atoms with Crippen LogP contribution in [-0.2, 0) is 4.74 Å². The predicted molar refractivity (Wildman–Crippen MR) is 33.8 cm³/mol. The van der Waals surface area contributed by atoms with Gasteiger partial charge in [0, 0.05) is 13.2 Å². The first-order chi connectivity index (χ1) is 3.89. The molecule has 1 heterocycles. The van der Waals surface area contributed by atoms with E-state index in [0.29, 0.717) is 0 Å². The maximum Gasteiger partial charge on any atom is 0.0468 e. The Labute approximate surface area is 51.0 Å². The second-order valence-corrected chi connectivity index (χ2v) is 2.65. The molecule has 0 spiro atoms. The van der Waals surface area contributed by atoms with Crippen molar-refractivity contribution in [2.24, 2.45) is 5.92 Å². The molecule has 1 aliphatic rings. The van der Waals surface area contributed by atoms with E-state index in [1.54, 1.807) is 0 Å². The van der Waals surface area contributed by atoms with Crippen LogP contribution in [0.2, 0.25) is 0 Å². The van der Waals surface area contributed by atoms with Crippen molar-refractivity contribution in [3.8, 4) is 0 Å². The van der Waals surface area contributed by atoms with Crippen LogP contribution in [0.4, 0.5) is 0 Å². The zero-order valence-corrected chi connectivity index (χ0v) is 5.52. The molecule has 1 heteroatoms. The number of hydrogen-bond donors (Lipinski definition) is 0. The lowest BCUT2D eigenvalue weighted by Gasteiger charge is -2.01. The summed E-state index contributed by atoms with van der Waals surface area (Å²) in [5, 5.41) is 0. The topological polar surface area (TPSA) is 9.23 Å². The van der Waals surface area contributed by atoms with Crippen molar-refractivity contribution < 1.29 is 4.74 Å². The summed E-state index contributed by atoms with van der Waals surface area (Å²) in [7, 11) is 0. The highest BCUT2D eigenvalue weighted by Gasteiger charge is 2.05. The molecule has 0 bridgehead atoms. The molecule has 1 rings (SSSR count). The molecule has 8 heavy (non-hydrogen) atoms. The third kappa shape index (κ3) is 1.83. The molecule has 0 aromatic heterocycles. The van der Waals surface area contributed by atoms with Gasteiger partial charge in [-0.15, -0.1) is 0 Å². The first-order valence-corrected chi connectivity index (χ1v) is 3.47. The zero-order valence-electron chi connectivity index (χ0n) is 5.52. The van der Waals surface area contributed by atoms with Crippen LogP contribution in [0.5, 0.6) is 0 Å². The summed E-state index contributed by atoms with van der Waals surface area (Å²) in [5.41, 5.74) is 0. The maximum atomic E-state index is 5.26. The molecule has 1 saturated heterocycles. The molecule has 48 valence electrons. The lowest BCUT2D eigenvalue weighted by atomic mass is 10.0. The molecule has 0 saturated carbocycles. The Kier molecular flexibility index (Phi) is 2.34. The Bertz CT molecular complexity index is 53.4. The molecule has 1 fully saturated rings. The van der Waals surface area contributed by atoms with Crippen LogP contribution in [0.25, 0.3) is 0 Å². The fourth-order valence-electron chi connectivity index (χ4n) is 1.06. The summed E-state index contributed by atoms with van der Waals surface area (Å²) in [6.07, 6.45) is 3.89. The van der Waals surface area contributed by atoms with E-state index in [9.17, 15) is 0 Å². The first kappa shape index (κ1) is 6.09. The molecule has 0 aromatic rings. The third-order valence-corrected chi connectivity index (χ3v) is 1.74. The summed E-state index contributed by atoms with van der Waals surface area (Å²) in [4.78, 5) is 0. The Morgan fingerprint density at radius 3 is 3.00 bits per heavy atom. The highest BCUT2D eigenvalue weighted by atomic mass is 16.5. The minimum atomic E-state index is 0.900. The molecule has 1 aliphatic heterocycles. The smallest absolute Gasteiger partial charge is 0.0468 e. The molecule has 0 amide bonds. The van der Waals surface area contributed by atoms with E-state index in [1.165, 1.54) is 19.3 Å². The standard InChI is InChI=1S/C7H14O/c1-7-3-2-5-8-6-4-7/h7H,2-6H2,1H3. The highest BCUT2D eigenvalue weighted by molar-refractivity contribution is 4.55. The Morgan fingerprint density at radius 1 is 1.25 bits per heavy atom. The van der Waals surface area contributed by atoms with Gasteiger partial charge in [0.1, 0.15) is 0 Å². The second kappa shape index (κ2) is 3.08. The molecule has 0 aromatic carbocycles. The van der Waals surface area contributed by atoms with E-state index >= 15 is 0 Å². The second-order valence-electron chi connectivity index (χ2n) is 2.65. The minimum absolute atomic E-state index is 0.900. The normalized spacial score (nSPS) is 31.9. The van der Waals surface area contributed by atoms with Crippen molar-refractivity contribution >= 4 is 0 Å². The Hall–Kier alpha value is -0.0400. The van der Waals surface area contributed by atoms with Gasteiger partial charge in [-0.2, -0.15) is 0 Å². The van der Waals surface area contributed by atoms with Crippen LogP contribution in [0.1, 0.15) is 26.2 Å². The largest absolute Gasteiger partial charge is 0.381 e. The average molecular weight is 114 g/mol. The molecule has 0 N–H and O–H groups in total. The van der Waals surface area contributed by atoms with Crippen molar-refractivity contribution in [3.05, 3.63) is 0 Å². The van der Waals surface area contributed by atoms with Crippen LogP contribution in [0, 0.1) is 5.92 Å². The molecule has 0 radical (unpaired) electrons. The van der Waals surface area contributed by atoms with Gasteiger partial charge in [0.2, 0.25) is 0 Å². The summed E-state index contributed by atoms with van der Waals surface area (Å²) >= 11 is 0. The molecule has 1 atom stereocenters. The zero-order chi connectivity index (χ0) is 5.82. The van der Waals surface area contributed by atoms with Gasteiger partial charge < -0.3 is 4.74 Å². The first-order valence-electron chi connectivity index (χ1n) is 3.47. The van der Waals surface area contributed by atoms with Crippen LogP contribution >= 0.6 is 0 Å². The van der Waals surface area contributed by atoms with Gasteiger partial charge in [-0.3, -0.25) is 0 Å².